The summed E-state index contributed by atoms with van der Waals surface area (Å²) in [6.45, 7) is 13.9. The second kappa shape index (κ2) is 7.14. The predicted molar refractivity (Wildman–Crippen MR) is 61.0 cm³/mol. The SMILES string of the molecule is C=C(C)CCCC(NCC)C(C)C. The van der Waals surface area contributed by atoms with Gasteiger partial charge >= 0.3 is 0 Å². The lowest BCUT2D eigenvalue weighted by Crippen LogP contribution is -2.33. The second-order valence-corrected chi connectivity index (χ2v) is 4.26. The molecule has 0 aliphatic heterocycles. The normalized spacial score (nSPS) is 13.3. The van der Waals surface area contributed by atoms with Gasteiger partial charge in [0.25, 0.3) is 0 Å². The van der Waals surface area contributed by atoms with E-state index in [0.29, 0.717) is 6.04 Å². The number of hydrogen-bond donors (Lipinski definition) is 1. The summed E-state index contributed by atoms with van der Waals surface area (Å²) in [5, 5.41) is 3.53. The van der Waals surface area contributed by atoms with Crippen LogP contribution < -0.4 is 5.32 Å². The number of allylic oxidation sites excluding steroid dienone is 1. The van der Waals surface area contributed by atoms with Crippen molar-refractivity contribution in [3.05, 3.63) is 12.2 Å². The first-order valence-corrected chi connectivity index (χ1v) is 5.45. The van der Waals surface area contributed by atoms with Crippen LogP contribution in [0.1, 0.15) is 47.0 Å². The van der Waals surface area contributed by atoms with Crippen LogP contribution in [0.3, 0.4) is 0 Å². The highest BCUT2D eigenvalue weighted by Gasteiger charge is 2.10. The highest BCUT2D eigenvalue weighted by atomic mass is 14.9. The van der Waals surface area contributed by atoms with Crippen LogP contribution in [0, 0.1) is 5.92 Å². The molecule has 0 aromatic carbocycles. The summed E-state index contributed by atoms with van der Waals surface area (Å²) in [7, 11) is 0. The highest BCUT2D eigenvalue weighted by Crippen LogP contribution is 2.12. The van der Waals surface area contributed by atoms with Crippen molar-refractivity contribution in [2.45, 2.75) is 53.0 Å². The van der Waals surface area contributed by atoms with Crippen molar-refractivity contribution >= 4 is 0 Å². The van der Waals surface area contributed by atoms with Crippen molar-refractivity contribution in [3.8, 4) is 0 Å². The summed E-state index contributed by atoms with van der Waals surface area (Å²) < 4.78 is 0. The molecule has 0 aromatic rings. The van der Waals surface area contributed by atoms with Gasteiger partial charge in [-0.1, -0.05) is 26.3 Å². The molecule has 0 bridgehead atoms. The maximum atomic E-state index is 3.92. The summed E-state index contributed by atoms with van der Waals surface area (Å²) in [5.41, 5.74) is 1.30. The van der Waals surface area contributed by atoms with Crippen LogP contribution in [0.15, 0.2) is 12.2 Å². The largest absolute Gasteiger partial charge is 0.314 e. The third-order valence-corrected chi connectivity index (χ3v) is 2.39. The summed E-state index contributed by atoms with van der Waals surface area (Å²) in [6.07, 6.45) is 3.72. The average molecular weight is 183 g/mol. The van der Waals surface area contributed by atoms with E-state index < -0.39 is 0 Å². The first-order chi connectivity index (χ1) is 6.07. The van der Waals surface area contributed by atoms with Crippen molar-refractivity contribution < 1.29 is 0 Å². The number of rotatable bonds is 7. The molecule has 1 unspecified atom stereocenters. The van der Waals surface area contributed by atoms with Crippen molar-refractivity contribution in [1.29, 1.82) is 0 Å². The summed E-state index contributed by atoms with van der Waals surface area (Å²) in [6, 6.07) is 0.685. The molecule has 0 aliphatic carbocycles. The molecule has 0 saturated carbocycles. The molecule has 0 rings (SSSR count). The lowest BCUT2D eigenvalue weighted by atomic mass is 9.97. The maximum Gasteiger partial charge on any atom is 0.00900 e. The molecule has 1 atom stereocenters. The smallest absolute Gasteiger partial charge is 0.00900 e. The Morgan fingerprint density at radius 1 is 1.38 bits per heavy atom. The predicted octanol–water partition coefficient (Wildman–Crippen LogP) is 3.37. The van der Waals surface area contributed by atoms with E-state index in [4.69, 9.17) is 0 Å². The Kier molecular flexibility index (Phi) is 6.97. The zero-order valence-electron chi connectivity index (χ0n) is 9.69. The maximum absolute atomic E-state index is 3.92. The van der Waals surface area contributed by atoms with Gasteiger partial charge < -0.3 is 5.32 Å². The summed E-state index contributed by atoms with van der Waals surface area (Å²) >= 11 is 0. The van der Waals surface area contributed by atoms with Crippen LogP contribution in [0.4, 0.5) is 0 Å². The van der Waals surface area contributed by atoms with Gasteiger partial charge in [0.2, 0.25) is 0 Å². The quantitative estimate of drug-likeness (QED) is 0.597. The van der Waals surface area contributed by atoms with Crippen LogP contribution >= 0.6 is 0 Å². The molecule has 13 heavy (non-hydrogen) atoms. The molecular weight excluding hydrogens is 158 g/mol. The van der Waals surface area contributed by atoms with Crippen LogP contribution in [0.25, 0.3) is 0 Å². The van der Waals surface area contributed by atoms with Gasteiger partial charge in [-0.3, -0.25) is 0 Å². The van der Waals surface area contributed by atoms with E-state index in [0.717, 1.165) is 12.5 Å². The molecule has 1 heteroatoms. The van der Waals surface area contributed by atoms with E-state index >= 15 is 0 Å². The standard InChI is InChI=1S/C12H25N/c1-6-13-12(11(4)5)9-7-8-10(2)3/h11-13H,2,6-9H2,1,3-5H3. The fourth-order valence-electron chi connectivity index (χ4n) is 1.56. The zero-order chi connectivity index (χ0) is 10.3. The average Bonchev–Trinajstić information content (AvgIpc) is 2.02. The lowest BCUT2D eigenvalue weighted by Gasteiger charge is -2.21. The van der Waals surface area contributed by atoms with Crippen molar-refractivity contribution in [2.24, 2.45) is 5.92 Å². The van der Waals surface area contributed by atoms with Gasteiger partial charge in [-0.05, 0) is 38.6 Å². The van der Waals surface area contributed by atoms with Crippen LogP contribution in [-0.2, 0) is 0 Å². The molecule has 0 amide bonds. The van der Waals surface area contributed by atoms with Gasteiger partial charge in [0.1, 0.15) is 0 Å². The Morgan fingerprint density at radius 3 is 2.38 bits per heavy atom. The van der Waals surface area contributed by atoms with E-state index in [1.54, 1.807) is 0 Å². The highest BCUT2D eigenvalue weighted by molar-refractivity contribution is 4.87. The van der Waals surface area contributed by atoms with E-state index in [1.807, 2.05) is 0 Å². The summed E-state index contributed by atoms with van der Waals surface area (Å²) in [5.74, 6) is 0.741. The second-order valence-electron chi connectivity index (χ2n) is 4.26. The molecule has 0 spiro atoms. The molecule has 0 heterocycles. The fraction of sp³-hybridized carbons (Fsp3) is 0.833. The fourth-order valence-corrected chi connectivity index (χ4v) is 1.56. The van der Waals surface area contributed by atoms with E-state index in [-0.39, 0.29) is 0 Å². The molecule has 0 aliphatic rings. The van der Waals surface area contributed by atoms with Crippen LogP contribution in [0.2, 0.25) is 0 Å². The van der Waals surface area contributed by atoms with E-state index in [9.17, 15) is 0 Å². The molecule has 0 fully saturated rings. The van der Waals surface area contributed by atoms with Crippen molar-refractivity contribution in [1.82, 2.24) is 5.32 Å². The Hall–Kier alpha value is -0.300. The molecule has 0 saturated heterocycles. The Balaban J connectivity index is 3.62. The zero-order valence-corrected chi connectivity index (χ0v) is 9.69. The van der Waals surface area contributed by atoms with Crippen molar-refractivity contribution in [2.75, 3.05) is 6.54 Å². The molecular formula is C12H25N. The number of nitrogens with one attached hydrogen (secondary N) is 1. The minimum atomic E-state index is 0.685. The molecule has 0 radical (unpaired) electrons. The van der Waals surface area contributed by atoms with E-state index in [1.165, 1.54) is 24.8 Å². The molecule has 78 valence electrons. The minimum absolute atomic E-state index is 0.685. The third-order valence-electron chi connectivity index (χ3n) is 2.39. The van der Waals surface area contributed by atoms with Gasteiger partial charge in [-0.25, -0.2) is 0 Å². The summed E-state index contributed by atoms with van der Waals surface area (Å²) in [4.78, 5) is 0. The molecule has 1 nitrogen and oxygen atoms in total. The van der Waals surface area contributed by atoms with Crippen LogP contribution in [0.5, 0.6) is 0 Å². The topological polar surface area (TPSA) is 12.0 Å². The van der Waals surface area contributed by atoms with Gasteiger partial charge in [0.15, 0.2) is 0 Å². The number of hydrogen-bond acceptors (Lipinski definition) is 1. The van der Waals surface area contributed by atoms with Gasteiger partial charge in [-0.2, -0.15) is 0 Å². The molecule has 1 N–H and O–H groups in total. The first kappa shape index (κ1) is 12.7. The Labute approximate surface area is 83.6 Å². The monoisotopic (exact) mass is 183 g/mol. The van der Waals surface area contributed by atoms with Gasteiger partial charge in [-0.15, -0.1) is 6.58 Å². The first-order valence-electron chi connectivity index (χ1n) is 5.45. The third kappa shape index (κ3) is 6.83. The minimum Gasteiger partial charge on any atom is -0.314 e. The molecule has 0 aromatic heterocycles. The Morgan fingerprint density at radius 2 is 2.00 bits per heavy atom. The van der Waals surface area contributed by atoms with Gasteiger partial charge in [0, 0.05) is 6.04 Å². The Bertz CT molecular complexity index is 138. The lowest BCUT2D eigenvalue weighted by molar-refractivity contribution is 0.377. The van der Waals surface area contributed by atoms with E-state index in [2.05, 4.69) is 39.6 Å². The van der Waals surface area contributed by atoms with Crippen molar-refractivity contribution in [3.63, 3.8) is 0 Å². The van der Waals surface area contributed by atoms with Crippen LogP contribution in [-0.4, -0.2) is 12.6 Å². The van der Waals surface area contributed by atoms with Gasteiger partial charge in [0.05, 0.1) is 0 Å².